The Morgan fingerprint density at radius 3 is 1.77 bits per heavy atom. The second-order valence-electron chi connectivity index (χ2n) is 14.6. The Kier molecular flexibility index (Phi) is 8.12. The third-order valence-electron chi connectivity index (χ3n) is 11.4. The normalized spacial score (nSPS) is 14.7. The van der Waals surface area contributed by atoms with Gasteiger partial charge in [-0.2, -0.15) is 0 Å². The van der Waals surface area contributed by atoms with Gasteiger partial charge in [-0.05, 0) is 93.9 Å². The molecular formula is C54H39NO. The number of ether oxygens (including phenoxy) is 1. The monoisotopic (exact) mass is 717 g/mol. The summed E-state index contributed by atoms with van der Waals surface area (Å²) in [6, 6.07) is 68.3. The van der Waals surface area contributed by atoms with Gasteiger partial charge < -0.3 is 9.64 Å². The van der Waals surface area contributed by atoms with Gasteiger partial charge in [0.1, 0.15) is 11.5 Å². The summed E-state index contributed by atoms with van der Waals surface area (Å²) >= 11 is 0. The molecule has 1 spiro atoms. The van der Waals surface area contributed by atoms with E-state index in [0.717, 1.165) is 45.3 Å². The lowest BCUT2D eigenvalue weighted by molar-refractivity contribution is 0.436. The molecule has 8 aromatic rings. The Hall–Kier alpha value is -7.16. The van der Waals surface area contributed by atoms with E-state index in [-0.39, 0.29) is 0 Å². The summed E-state index contributed by atoms with van der Waals surface area (Å²) in [4.78, 5) is 2.43. The summed E-state index contributed by atoms with van der Waals surface area (Å²) in [5.74, 6) is 1.74. The Labute approximate surface area is 329 Å². The van der Waals surface area contributed by atoms with Gasteiger partial charge in [0.15, 0.2) is 0 Å². The highest BCUT2D eigenvalue weighted by Gasteiger charge is 2.52. The van der Waals surface area contributed by atoms with Gasteiger partial charge in [-0.15, -0.1) is 0 Å². The highest BCUT2D eigenvalue weighted by atomic mass is 16.5. The van der Waals surface area contributed by atoms with Crippen LogP contribution in [-0.4, -0.2) is 0 Å². The van der Waals surface area contributed by atoms with Gasteiger partial charge in [0, 0.05) is 28.1 Å². The molecule has 2 heteroatoms. The lowest BCUT2D eigenvalue weighted by atomic mass is 9.66. The molecule has 56 heavy (non-hydrogen) atoms. The van der Waals surface area contributed by atoms with E-state index in [4.69, 9.17) is 4.74 Å². The van der Waals surface area contributed by atoms with Crippen LogP contribution in [0.2, 0.25) is 0 Å². The highest BCUT2D eigenvalue weighted by molar-refractivity contribution is 5.98. The zero-order chi connectivity index (χ0) is 37.6. The average molecular weight is 718 g/mol. The predicted octanol–water partition coefficient (Wildman–Crippen LogP) is 14.5. The van der Waals surface area contributed by atoms with Crippen LogP contribution in [0.3, 0.4) is 0 Å². The van der Waals surface area contributed by atoms with Crippen molar-refractivity contribution in [2.24, 2.45) is 0 Å². The number of nitrogens with zero attached hydrogens (tertiary/aromatic N) is 1. The van der Waals surface area contributed by atoms with Crippen LogP contribution in [0.4, 0.5) is 17.1 Å². The molecule has 1 aliphatic heterocycles. The largest absolute Gasteiger partial charge is 0.457 e. The molecule has 10 rings (SSSR count). The summed E-state index contributed by atoms with van der Waals surface area (Å²) in [7, 11) is 0. The van der Waals surface area contributed by atoms with Gasteiger partial charge in [-0.3, -0.25) is 0 Å². The Bertz CT molecular complexity index is 2780. The maximum absolute atomic E-state index is 6.76. The first-order valence-corrected chi connectivity index (χ1v) is 19.2. The molecule has 1 aliphatic carbocycles. The van der Waals surface area contributed by atoms with E-state index < -0.39 is 5.41 Å². The number of hydrogen-bond acceptors (Lipinski definition) is 2. The summed E-state index contributed by atoms with van der Waals surface area (Å²) in [5.41, 5.74) is 17.0. The molecule has 0 bridgehead atoms. The molecule has 8 aromatic carbocycles. The molecule has 0 radical (unpaired) electrons. The Morgan fingerprint density at radius 1 is 0.500 bits per heavy atom. The Morgan fingerprint density at radius 2 is 1.07 bits per heavy atom. The highest BCUT2D eigenvalue weighted by Crippen LogP contribution is 2.64. The van der Waals surface area contributed by atoms with Crippen molar-refractivity contribution in [1.82, 2.24) is 0 Å². The van der Waals surface area contributed by atoms with Crippen LogP contribution in [0.1, 0.15) is 33.4 Å². The van der Waals surface area contributed by atoms with Crippen LogP contribution >= 0.6 is 0 Å². The third kappa shape index (κ3) is 5.33. The SMILES string of the molecule is C=C/C=C\c1ccc2c(c1)Oc1ccccc1C21c2ccccc2-c2c(N(c3ccc(-c4ccccc4)cc3)c3ccc(-c4ccc(C)cc4)cc3)cccc21. The molecule has 0 N–H and O–H groups in total. The van der Waals surface area contributed by atoms with Crippen LogP contribution in [0.25, 0.3) is 39.5 Å². The number of aryl methyl sites for hydroxylation is 1. The van der Waals surface area contributed by atoms with E-state index in [1.165, 1.54) is 50.1 Å². The number of allylic oxidation sites excluding steroid dienone is 2. The number of hydrogen-bond donors (Lipinski definition) is 0. The van der Waals surface area contributed by atoms with Crippen LogP contribution in [0.5, 0.6) is 11.5 Å². The number of anilines is 3. The zero-order valence-electron chi connectivity index (χ0n) is 31.2. The number of fused-ring (bicyclic) bond motifs is 9. The van der Waals surface area contributed by atoms with Gasteiger partial charge in [0.2, 0.25) is 0 Å². The molecule has 0 saturated carbocycles. The van der Waals surface area contributed by atoms with Gasteiger partial charge >= 0.3 is 0 Å². The van der Waals surface area contributed by atoms with E-state index in [1.807, 2.05) is 6.08 Å². The van der Waals surface area contributed by atoms with Crippen LogP contribution in [0, 0.1) is 6.92 Å². The van der Waals surface area contributed by atoms with Crippen molar-refractivity contribution in [3.8, 4) is 44.9 Å². The molecule has 2 aliphatic rings. The van der Waals surface area contributed by atoms with E-state index in [2.05, 4.69) is 213 Å². The minimum atomic E-state index is -0.592. The van der Waals surface area contributed by atoms with Gasteiger partial charge in [0.25, 0.3) is 0 Å². The van der Waals surface area contributed by atoms with Crippen molar-refractivity contribution < 1.29 is 4.74 Å². The average Bonchev–Trinajstić information content (AvgIpc) is 3.55. The molecule has 266 valence electrons. The minimum absolute atomic E-state index is 0.592. The number of benzene rings is 8. The zero-order valence-corrected chi connectivity index (χ0v) is 31.2. The topological polar surface area (TPSA) is 12.5 Å². The van der Waals surface area contributed by atoms with Crippen molar-refractivity contribution >= 4 is 23.1 Å². The molecule has 0 fully saturated rings. The first-order valence-electron chi connectivity index (χ1n) is 19.2. The molecule has 0 amide bonds. The van der Waals surface area contributed by atoms with Crippen molar-refractivity contribution in [2.45, 2.75) is 12.3 Å². The van der Waals surface area contributed by atoms with Crippen molar-refractivity contribution in [3.63, 3.8) is 0 Å². The molecule has 0 saturated heterocycles. The smallest absolute Gasteiger partial charge is 0.132 e. The molecule has 2 nitrogen and oxygen atoms in total. The van der Waals surface area contributed by atoms with Gasteiger partial charge in [0.05, 0.1) is 11.1 Å². The molecule has 1 unspecified atom stereocenters. The molecule has 1 heterocycles. The fourth-order valence-electron chi connectivity index (χ4n) is 8.83. The summed E-state index contributed by atoms with van der Waals surface area (Å²) < 4.78 is 6.76. The Balaban J connectivity index is 1.21. The first kappa shape index (κ1) is 33.4. The summed E-state index contributed by atoms with van der Waals surface area (Å²) in [5, 5.41) is 0. The maximum Gasteiger partial charge on any atom is 0.132 e. The van der Waals surface area contributed by atoms with Crippen LogP contribution < -0.4 is 9.64 Å². The van der Waals surface area contributed by atoms with E-state index in [9.17, 15) is 0 Å². The fraction of sp³-hybridized carbons (Fsp3) is 0.0370. The maximum atomic E-state index is 6.76. The second-order valence-corrected chi connectivity index (χ2v) is 14.6. The van der Waals surface area contributed by atoms with E-state index >= 15 is 0 Å². The van der Waals surface area contributed by atoms with Gasteiger partial charge in [-0.1, -0.05) is 176 Å². The lowest BCUT2D eigenvalue weighted by Gasteiger charge is -2.39. The van der Waals surface area contributed by atoms with Crippen molar-refractivity contribution in [2.75, 3.05) is 4.90 Å². The standard InChI is InChI=1S/C54H39NO/c1-3-4-13-38-24-35-48-52(36-38)56-51-21-11-10-18-47(51)54(48)46-17-9-8-16-45(46)53-49(54)19-12-20-50(53)55(43-31-27-41(28-32-43)39-14-6-5-7-15-39)44-33-29-42(30-34-44)40-25-22-37(2)23-26-40/h3-36H,1H2,2H3/b13-4-. The first-order chi connectivity index (χ1) is 27.6. The molecule has 1 atom stereocenters. The molecular weight excluding hydrogens is 679 g/mol. The third-order valence-corrected chi connectivity index (χ3v) is 11.4. The number of para-hydroxylation sites is 1. The van der Waals surface area contributed by atoms with Crippen LogP contribution in [0.15, 0.2) is 207 Å². The minimum Gasteiger partial charge on any atom is -0.457 e. The second kappa shape index (κ2) is 13.6. The van der Waals surface area contributed by atoms with E-state index in [1.54, 1.807) is 6.08 Å². The lowest BCUT2D eigenvalue weighted by Crippen LogP contribution is -2.32. The van der Waals surface area contributed by atoms with E-state index in [0.29, 0.717) is 0 Å². The number of rotatable bonds is 7. The fourth-order valence-corrected chi connectivity index (χ4v) is 8.83. The van der Waals surface area contributed by atoms with Crippen LogP contribution in [-0.2, 0) is 5.41 Å². The quantitative estimate of drug-likeness (QED) is 0.152. The van der Waals surface area contributed by atoms with Gasteiger partial charge in [-0.25, -0.2) is 0 Å². The predicted molar refractivity (Wildman–Crippen MR) is 233 cm³/mol. The summed E-state index contributed by atoms with van der Waals surface area (Å²) in [6.07, 6.45) is 5.84. The van der Waals surface area contributed by atoms with Crippen molar-refractivity contribution in [3.05, 3.63) is 240 Å². The summed E-state index contributed by atoms with van der Waals surface area (Å²) in [6.45, 7) is 6.01. The van der Waals surface area contributed by atoms with Crippen molar-refractivity contribution in [1.29, 1.82) is 0 Å². The molecule has 0 aromatic heterocycles.